The zero-order valence-corrected chi connectivity index (χ0v) is 15.3. The van der Waals surface area contributed by atoms with Crippen LogP contribution in [0.15, 0.2) is 28.7 Å². The normalized spacial score (nSPS) is 19.1. The van der Waals surface area contributed by atoms with Crippen molar-refractivity contribution < 1.29 is 4.43 Å². The fraction of sp³-hybridized carbons (Fsp3) is 0.625. The molecule has 0 unspecified atom stereocenters. The lowest BCUT2D eigenvalue weighted by Gasteiger charge is -2.50. The number of hydrogen-bond acceptors (Lipinski definition) is 1. The first-order valence-corrected chi connectivity index (χ1v) is 10.8. The third-order valence-electron chi connectivity index (χ3n) is 4.79. The largest absolute Gasteiger partial charge is 0.407 e. The molecule has 0 atom stereocenters. The van der Waals surface area contributed by atoms with Gasteiger partial charge in [-0.15, -0.1) is 0 Å². The highest BCUT2D eigenvalue weighted by Crippen LogP contribution is 2.50. The van der Waals surface area contributed by atoms with Crippen LogP contribution < -0.4 is 0 Å². The smallest absolute Gasteiger partial charge is 0.193 e. The van der Waals surface area contributed by atoms with Gasteiger partial charge in [-0.05, 0) is 55.1 Å². The molecule has 0 radical (unpaired) electrons. The van der Waals surface area contributed by atoms with E-state index in [2.05, 4.69) is 74.1 Å². The molecule has 0 N–H and O–H groups in total. The van der Waals surface area contributed by atoms with Gasteiger partial charge in [-0.3, -0.25) is 0 Å². The van der Waals surface area contributed by atoms with Gasteiger partial charge in [0.2, 0.25) is 0 Å². The van der Waals surface area contributed by atoms with Crippen molar-refractivity contribution in [1.29, 1.82) is 0 Å². The van der Waals surface area contributed by atoms with Gasteiger partial charge in [0.1, 0.15) is 0 Å². The Morgan fingerprint density at radius 1 is 1.11 bits per heavy atom. The molecule has 1 fully saturated rings. The van der Waals surface area contributed by atoms with Crippen molar-refractivity contribution in [2.75, 3.05) is 0 Å². The zero-order chi connectivity index (χ0) is 14.3. The molecule has 0 bridgehead atoms. The summed E-state index contributed by atoms with van der Waals surface area (Å²) in [6, 6.07) is 8.70. The van der Waals surface area contributed by atoms with Crippen LogP contribution in [0.4, 0.5) is 0 Å². The molecule has 19 heavy (non-hydrogen) atoms. The molecule has 0 saturated heterocycles. The summed E-state index contributed by atoms with van der Waals surface area (Å²) < 4.78 is 7.91. The lowest BCUT2D eigenvalue weighted by atomic mass is 9.75. The van der Waals surface area contributed by atoms with Gasteiger partial charge in [-0.1, -0.05) is 48.8 Å². The van der Waals surface area contributed by atoms with Gasteiger partial charge in [0.25, 0.3) is 0 Å². The van der Waals surface area contributed by atoms with Crippen LogP contribution in [0.1, 0.15) is 45.6 Å². The number of benzene rings is 1. The maximum Gasteiger partial charge on any atom is 0.193 e. The second-order valence-corrected chi connectivity index (χ2v) is 12.9. The number of rotatable bonds is 3. The van der Waals surface area contributed by atoms with E-state index in [0.717, 1.165) is 4.47 Å². The molecule has 1 aromatic rings. The van der Waals surface area contributed by atoms with Crippen molar-refractivity contribution in [2.24, 2.45) is 0 Å². The van der Waals surface area contributed by atoms with Crippen LogP contribution >= 0.6 is 15.9 Å². The average molecular weight is 341 g/mol. The van der Waals surface area contributed by atoms with Crippen LogP contribution in [0.3, 0.4) is 0 Å². The Hall–Kier alpha value is -0.123. The van der Waals surface area contributed by atoms with E-state index in [9.17, 15) is 0 Å². The maximum atomic E-state index is 6.78. The summed E-state index contributed by atoms with van der Waals surface area (Å²) in [5.74, 6) is 0. The Morgan fingerprint density at radius 2 is 1.63 bits per heavy atom. The lowest BCUT2D eigenvalue weighted by molar-refractivity contribution is -0.0253. The summed E-state index contributed by atoms with van der Waals surface area (Å²) in [7, 11) is -1.72. The van der Waals surface area contributed by atoms with E-state index in [1.807, 2.05) is 0 Å². The quantitative estimate of drug-likeness (QED) is 0.627. The third kappa shape index (κ3) is 2.98. The summed E-state index contributed by atoms with van der Waals surface area (Å²) >= 11 is 3.51. The van der Waals surface area contributed by atoms with Crippen LogP contribution in [-0.2, 0) is 10.0 Å². The number of hydrogen-bond donors (Lipinski definition) is 0. The molecule has 0 aliphatic heterocycles. The fourth-order valence-electron chi connectivity index (χ4n) is 2.34. The molecule has 0 amide bonds. The van der Waals surface area contributed by atoms with Crippen molar-refractivity contribution in [3.8, 4) is 0 Å². The second kappa shape index (κ2) is 5.01. The van der Waals surface area contributed by atoms with Gasteiger partial charge in [0.15, 0.2) is 8.32 Å². The van der Waals surface area contributed by atoms with Gasteiger partial charge in [-0.25, -0.2) is 0 Å². The summed E-state index contributed by atoms with van der Waals surface area (Å²) in [6.45, 7) is 11.6. The Balaban J connectivity index is 2.27. The Kier molecular flexibility index (Phi) is 4.03. The molecule has 1 aromatic carbocycles. The fourth-order valence-corrected chi connectivity index (χ4v) is 4.21. The van der Waals surface area contributed by atoms with E-state index in [0.29, 0.717) is 0 Å². The zero-order valence-electron chi connectivity index (χ0n) is 12.7. The topological polar surface area (TPSA) is 9.23 Å². The molecule has 3 heteroatoms. The second-order valence-electron chi connectivity index (χ2n) is 7.22. The van der Waals surface area contributed by atoms with E-state index >= 15 is 0 Å². The highest BCUT2D eigenvalue weighted by molar-refractivity contribution is 9.10. The molecule has 2 rings (SSSR count). The van der Waals surface area contributed by atoms with Crippen molar-refractivity contribution >= 4 is 24.2 Å². The Morgan fingerprint density at radius 3 is 2.00 bits per heavy atom. The van der Waals surface area contributed by atoms with Crippen molar-refractivity contribution in [2.45, 2.75) is 63.8 Å². The van der Waals surface area contributed by atoms with Crippen LogP contribution in [-0.4, -0.2) is 8.32 Å². The minimum absolute atomic E-state index is 0.0102. The molecule has 1 saturated carbocycles. The predicted molar refractivity (Wildman–Crippen MR) is 88.0 cm³/mol. The van der Waals surface area contributed by atoms with E-state index in [-0.39, 0.29) is 10.6 Å². The molecule has 106 valence electrons. The first-order valence-electron chi connectivity index (χ1n) is 7.13. The molecule has 0 spiro atoms. The van der Waals surface area contributed by atoms with Gasteiger partial charge in [0.05, 0.1) is 5.60 Å². The van der Waals surface area contributed by atoms with Crippen molar-refractivity contribution in [1.82, 2.24) is 0 Å². The van der Waals surface area contributed by atoms with Crippen LogP contribution in [0, 0.1) is 0 Å². The Bertz CT molecular complexity index is 441. The first kappa shape index (κ1) is 15.3. The van der Waals surface area contributed by atoms with Crippen molar-refractivity contribution in [3.63, 3.8) is 0 Å². The van der Waals surface area contributed by atoms with Crippen LogP contribution in [0.2, 0.25) is 18.1 Å². The summed E-state index contributed by atoms with van der Waals surface area (Å²) in [4.78, 5) is 0. The van der Waals surface area contributed by atoms with E-state index in [1.54, 1.807) is 0 Å². The van der Waals surface area contributed by atoms with E-state index in [1.165, 1.54) is 24.8 Å². The molecule has 1 aliphatic rings. The van der Waals surface area contributed by atoms with Gasteiger partial charge in [-0.2, -0.15) is 0 Å². The highest BCUT2D eigenvalue weighted by atomic mass is 79.9. The number of halogens is 1. The summed E-state index contributed by atoms with van der Waals surface area (Å²) in [5.41, 5.74) is 1.34. The Labute approximate surface area is 127 Å². The third-order valence-corrected chi connectivity index (χ3v) is 9.83. The molecular weight excluding hydrogens is 316 g/mol. The minimum Gasteiger partial charge on any atom is -0.407 e. The van der Waals surface area contributed by atoms with Crippen LogP contribution in [0.5, 0.6) is 0 Å². The first-order chi connectivity index (χ1) is 8.66. The molecule has 0 aromatic heterocycles. The molecular formula is C16H25BrOSi. The summed E-state index contributed by atoms with van der Waals surface area (Å²) in [6.07, 6.45) is 3.62. The predicted octanol–water partition coefficient (Wildman–Crippen LogP) is 5.85. The SMILES string of the molecule is CC(C)(C)[Si](C)(C)OC1(c2ccc(Br)cc2)CCC1. The average Bonchev–Trinajstić information content (AvgIpc) is 2.23. The van der Waals surface area contributed by atoms with Crippen LogP contribution in [0.25, 0.3) is 0 Å². The minimum atomic E-state index is -1.72. The standard InChI is InChI=1S/C16H25BrOSi/c1-15(2,3)19(4,5)18-16(11-6-12-16)13-7-9-14(17)10-8-13/h7-10H,6,11-12H2,1-5H3. The monoisotopic (exact) mass is 340 g/mol. The van der Waals surface area contributed by atoms with Gasteiger partial charge >= 0.3 is 0 Å². The van der Waals surface area contributed by atoms with E-state index in [4.69, 9.17) is 4.43 Å². The molecule has 1 nitrogen and oxygen atoms in total. The highest BCUT2D eigenvalue weighted by Gasteiger charge is 2.48. The molecule has 0 heterocycles. The summed E-state index contributed by atoms with van der Waals surface area (Å²) in [5, 5.41) is 0.269. The van der Waals surface area contributed by atoms with E-state index < -0.39 is 8.32 Å². The van der Waals surface area contributed by atoms with Gasteiger partial charge < -0.3 is 4.43 Å². The maximum absolute atomic E-state index is 6.78. The van der Waals surface area contributed by atoms with Crippen molar-refractivity contribution in [3.05, 3.63) is 34.3 Å². The molecule has 1 aliphatic carbocycles. The van der Waals surface area contributed by atoms with Gasteiger partial charge in [0, 0.05) is 4.47 Å². The lowest BCUT2D eigenvalue weighted by Crippen LogP contribution is -2.51.